The molecule has 134 valence electrons. The number of aromatic nitrogens is 3. The number of aromatic amines is 1. The summed E-state index contributed by atoms with van der Waals surface area (Å²) in [5.41, 5.74) is 2.50. The van der Waals surface area contributed by atoms with Crippen molar-refractivity contribution in [3.8, 4) is 5.75 Å². The number of hydrogen-bond acceptors (Lipinski definition) is 4. The van der Waals surface area contributed by atoms with E-state index in [1.54, 1.807) is 12.3 Å². The van der Waals surface area contributed by atoms with Gasteiger partial charge in [-0.3, -0.25) is 4.79 Å². The van der Waals surface area contributed by atoms with Gasteiger partial charge in [-0.1, -0.05) is 28.6 Å². The molecule has 0 bridgehead atoms. The fourth-order valence-corrected chi connectivity index (χ4v) is 3.10. The number of rotatable bonds is 5. The number of halogens is 1. The Morgan fingerprint density at radius 1 is 1.26 bits per heavy atom. The molecule has 0 spiro atoms. The molecule has 0 atom stereocenters. The summed E-state index contributed by atoms with van der Waals surface area (Å²) in [6.07, 6.45) is 4.72. The van der Waals surface area contributed by atoms with Crippen molar-refractivity contribution in [1.29, 1.82) is 0 Å². The molecule has 0 saturated heterocycles. The monoisotopic (exact) mass is 422 g/mol. The zero-order chi connectivity index (χ0) is 18.8. The number of nitrogens with one attached hydrogen (secondary N) is 1. The Morgan fingerprint density at radius 2 is 2.07 bits per heavy atom. The molecule has 2 aromatic carbocycles. The van der Waals surface area contributed by atoms with Crippen LogP contribution in [0.3, 0.4) is 0 Å². The highest BCUT2D eigenvalue weighted by Gasteiger charge is 2.10. The van der Waals surface area contributed by atoms with Crippen LogP contribution in [0.25, 0.3) is 21.9 Å². The van der Waals surface area contributed by atoms with Crippen molar-refractivity contribution in [2.45, 2.75) is 0 Å². The van der Waals surface area contributed by atoms with Crippen molar-refractivity contribution in [1.82, 2.24) is 14.6 Å². The second-order valence-electron chi connectivity index (χ2n) is 5.85. The molecular weight excluding hydrogens is 408 g/mol. The van der Waals surface area contributed by atoms with Gasteiger partial charge in [-0.05, 0) is 48.0 Å². The quantitative estimate of drug-likeness (QED) is 0.388. The smallest absolute Gasteiger partial charge is 0.298 e. The van der Waals surface area contributed by atoms with Gasteiger partial charge in [-0.2, -0.15) is 9.78 Å². The minimum atomic E-state index is -0.255. The Kier molecular flexibility index (Phi) is 4.60. The van der Waals surface area contributed by atoms with Crippen molar-refractivity contribution < 1.29 is 4.74 Å². The summed E-state index contributed by atoms with van der Waals surface area (Å²) in [6.45, 7) is 4.07. The van der Waals surface area contributed by atoms with Gasteiger partial charge in [-0.25, -0.2) is 4.98 Å². The highest BCUT2D eigenvalue weighted by molar-refractivity contribution is 9.10. The lowest BCUT2D eigenvalue weighted by molar-refractivity contribution is 0.363. The molecule has 1 N–H and O–H groups in total. The Balaban J connectivity index is 1.66. The SMILES string of the molecule is C=CCOc1ccc(C=Nn2cnc3c([nH]c4ccc(Br)cc43)c2=O)cc1. The molecule has 0 aliphatic carbocycles. The summed E-state index contributed by atoms with van der Waals surface area (Å²) in [6, 6.07) is 13.2. The van der Waals surface area contributed by atoms with E-state index in [1.807, 2.05) is 42.5 Å². The second kappa shape index (κ2) is 7.20. The van der Waals surface area contributed by atoms with Gasteiger partial charge < -0.3 is 9.72 Å². The standard InChI is InChI=1S/C20H15BrN4O2/c1-2-9-27-15-6-3-13(4-7-15)11-23-25-12-22-18-16-10-14(21)5-8-17(16)24-19(18)20(25)26/h2-8,10-12,24H,1,9H2. The lowest BCUT2D eigenvalue weighted by Gasteiger charge is -2.02. The normalized spacial score (nSPS) is 11.4. The Bertz CT molecular complexity index is 1220. The predicted molar refractivity (Wildman–Crippen MR) is 111 cm³/mol. The molecule has 0 radical (unpaired) electrons. The second-order valence-corrected chi connectivity index (χ2v) is 6.76. The van der Waals surface area contributed by atoms with Crippen LogP contribution in [-0.4, -0.2) is 27.5 Å². The Morgan fingerprint density at radius 3 is 2.85 bits per heavy atom. The van der Waals surface area contributed by atoms with E-state index in [9.17, 15) is 4.79 Å². The van der Waals surface area contributed by atoms with Gasteiger partial charge in [0.2, 0.25) is 0 Å². The summed E-state index contributed by atoms with van der Waals surface area (Å²) in [7, 11) is 0. The van der Waals surface area contributed by atoms with Crippen LogP contribution in [0.2, 0.25) is 0 Å². The van der Waals surface area contributed by atoms with Crippen molar-refractivity contribution in [2.24, 2.45) is 5.10 Å². The Hall–Kier alpha value is -3.19. The van der Waals surface area contributed by atoms with Crippen molar-refractivity contribution in [3.05, 3.63) is 81.8 Å². The predicted octanol–water partition coefficient (Wildman–Crippen LogP) is 4.09. The molecule has 0 aliphatic heterocycles. The average molecular weight is 423 g/mol. The molecule has 4 rings (SSSR count). The third-order valence-corrected chi connectivity index (χ3v) is 4.52. The van der Waals surface area contributed by atoms with Crippen molar-refractivity contribution >= 4 is 44.1 Å². The molecule has 2 aromatic heterocycles. The van der Waals surface area contributed by atoms with Gasteiger partial charge in [0.05, 0.1) is 6.21 Å². The summed E-state index contributed by atoms with van der Waals surface area (Å²) in [5.74, 6) is 0.747. The van der Waals surface area contributed by atoms with E-state index < -0.39 is 0 Å². The maximum atomic E-state index is 12.7. The van der Waals surface area contributed by atoms with E-state index in [1.165, 1.54) is 11.0 Å². The maximum Gasteiger partial charge on any atom is 0.298 e. The lowest BCUT2D eigenvalue weighted by atomic mass is 10.2. The van der Waals surface area contributed by atoms with E-state index in [0.717, 1.165) is 26.7 Å². The van der Waals surface area contributed by atoms with Gasteiger partial charge in [0.15, 0.2) is 0 Å². The van der Waals surface area contributed by atoms with E-state index in [2.05, 4.69) is 37.6 Å². The van der Waals surface area contributed by atoms with E-state index >= 15 is 0 Å². The van der Waals surface area contributed by atoms with E-state index in [0.29, 0.717) is 17.6 Å². The van der Waals surface area contributed by atoms with Gasteiger partial charge in [-0.15, -0.1) is 0 Å². The van der Waals surface area contributed by atoms with Crippen LogP contribution in [0.1, 0.15) is 5.56 Å². The molecular formula is C20H15BrN4O2. The van der Waals surface area contributed by atoms with Gasteiger partial charge in [0.25, 0.3) is 5.56 Å². The average Bonchev–Trinajstić information content (AvgIpc) is 3.05. The zero-order valence-corrected chi connectivity index (χ0v) is 15.8. The minimum Gasteiger partial charge on any atom is -0.490 e. The number of ether oxygens (including phenoxy) is 1. The molecule has 27 heavy (non-hydrogen) atoms. The summed E-state index contributed by atoms with van der Waals surface area (Å²) < 4.78 is 7.59. The largest absolute Gasteiger partial charge is 0.490 e. The first-order chi connectivity index (χ1) is 13.2. The third kappa shape index (κ3) is 3.41. The summed E-state index contributed by atoms with van der Waals surface area (Å²) in [4.78, 5) is 20.2. The number of nitrogens with zero attached hydrogens (tertiary/aromatic N) is 3. The fraction of sp³-hybridized carbons (Fsp3) is 0.0500. The molecule has 4 aromatic rings. The lowest BCUT2D eigenvalue weighted by Crippen LogP contribution is -2.17. The van der Waals surface area contributed by atoms with Crippen LogP contribution in [0.5, 0.6) is 5.75 Å². The van der Waals surface area contributed by atoms with Crippen LogP contribution in [0.15, 0.2) is 75.8 Å². The van der Waals surface area contributed by atoms with Crippen LogP contribution in [0.4, 0.5) is 0 Å². The summed E-state index contributed by atoms with van der Waals surface area (Å²) >= 11 is 3.44. The first kappa shape index (κ1) is 17.2. The number of H-pyrrole nitrogens is 1. The number of benzene rings is 2. The zero-order valence-electron chi connectivity index (χ0n) is 14.2. The minimum absolute atomic E-state index is 0.255. The van der Waals surface area contributed by atoms with Crippen LogP contribution in [-0.2, 0) is 0 Å². The molecule has 0 amide bonds. The molecule has 0 saturated carbocycles. The van der Waals surface area contributed by atoms with E-state index in [-0.39, 0.29) is 5.56 Å². The highest BCUT2D eigenvalue weighted by atomic mass is 79.9. The van der Waals surface area contributed by atoms with Crippen LogP contribution < -0.4 is 10.3 Å². The van der Waals surface area contributed by atoms with Gasteiger partial charge in [0.1, 0.15) is 29.7 Å². The van der Waals surface area contributed by atoms with E-state index in [4.69, 9.17) is 4.74 Å². The number of hydrogen-bond donors (Lipinski definition) is 1. The third-order valence-electron chi connectivity index (χ3n) is 4.03. The summed E-state index contributed by atoms with van der Waals surface area (Å²) in [5, 5.41) is 5.13. The van der Waals surface area contributed by atoms with Crippen molar-refractivity contribution in [2.75, 3.05) is 6.61 Å². The Labute approximate surface area is 162 Å². The first-order valence-corrected chi connectivity index (χ1v) is 9.02. The molecule has 7 heteroatoms. The van der Waals surface area contributed by atoms with Crippen LogP contribution in [0, 0.1) is 0 Å². The first-order valence-electron chi connectivity index (χ1n) is 8.22. The van der Waals surface area contributed by atoms with Gasteiger partial charge in [0, 0.05) is 15.4 Å². The highest BCUT2D eigenvalue weighted by Crippen LogP contribution is 2.24. The molecule has 0 aliphatic rings. The fourth-order valence-electron chi connectivity index (χ4n) is 2.73. The molecule has 6 nitrogen and oxygen atoms in total. The van der Waals surface area contributed by atoms with Gasteiger partial charge >= 0.3 is 0 Å². The molecule has 2 heterocycles. The topological polar surface area (TPSA) is 72.3 Å². The molecule has 0 unspecified atom stereocenters. The maximum absolute atomic E-state index is 12.7. The van der Waals surface area contributed by atoms with Crippen molar-refractivity contribution in [3.63, 3.8) is 0 Å². The molecule has 0 fully saturated rings. The van der Waals surface area contributed by atoms with Crippen LogP contribution >= 0.6 is 15.9 Å². The number of fused-ring (bicyclic) bond motifs is 3.